The van der Waals surface area contributed by atoms with Gasteiger partial charge in [0.05, 0.1) is 11.2 Å². The van der Waals surface area contributed by atoms with Gasteiger partial charge in [-0.05, 0) is 81.1 Å². The molecule has 1 N–H and O–H groups in total. The molecule has 36 heavy (non-hydrogen) atoms. The predicted octanol–water partition coefficient (Wildman–Crippen LogP) is 7.11. The number of ether oxygens (including phenoxy) is 2. The van der Waals surface area contributed by atoms with Crippen molar-refractivity contribution in [3.05, 3.63) is 93.6 Å². The van der Waals surface area contributed by atoms with Crippen LogP contribution in [-0.4, -0.2) is 16.5 Å². The van der Waals surface area contributed by atoms with Crippen LogP contribution < -0.4 is 14.8 Å². The van der Waals surface area contributed by atoms with Gasteiger partial charge in [-0.25, -0.2) is 4.98 Å². The van der Waals surface area contributed by atoms with Crippen LogP contribution in [0.3, 0.4) is 0 Å². The van der Waals surface area contributed by atoms with Crippen LogP contribution in [0.4, 0.5) is 5.69 Å². The van der Waals surface area contributed by atoms with Crippen LogP contribution in [0.2, 0.25) is 5.02 Å². The fourth-order valence-corrected chi connectivity index (χ4v) is 4.92. The second-order valence-corrected chi connectivity index (χ2v) is 10.0. The number of nitrogens with zero attached hydrogens (tertiary/aromatic N) is 1. The zero-order chi connectivity index (χ0) is 25.4. The van der Waals surface area contributed by atoms with Crippen molar-refractivity contribution in [1.82, 2.24) is 4.98 Å². The molecular formula is C30H29ClN2O3. The zero-order valence-electron chi connectivity index (χ0n) is 20.9. The molecule has 1 atom stereocenters. The van der Waals surface area contributed by atoms with Gasteiger partial charge in [0.2, 0.25) is 0 Å². The lowest BCUT2D eigenvalue weighted by Gasteiger charge is -2.37. The third-order valence-electron chi connectivity index (χ3n) is 7.08. The van der Waals surface area contributed by atoms with E-state index in [0.717, 1.165) is 62.5 Å². The van der Waals surface area contributed by atoms with Crippen LogP contribution in [0.15, 0.2) is 60.7 Å². The number of para-hydroxylation sites is 1. The minimum absolute atomic E-state index is 0.142. The number of amides is 1. The van der Waals surface area contributed by atoms with E-state index in [-0.39, 0.29) is 5.91 Å². The average Bonchev–Trinajstić information content (AvgIpc) is 2.87. The highest BCUT2D eigenvalue weighted by molar-refractivity contribution is 6.31. The first-order valence-electron chi connectivity index (χ1n) is 12.1. The summed E-state index contributed by atoms with van der Waals surface area (Å²) in [7, 11) is 0. The van der Waals surface area contributed by atoms with E-state index in [2.05, 4.69) is 12.2 Å². The molecule has 5 nitrogen and oxygen atoms in total. The molecule has 0 saturated heterocycles. The Morgan fingerprint density at radius 1 is 1.06 bits per heavy atom. The maximum atomic E-state index is 13.1. The number of hydrogen-bond acceptors (Lipinski definition) is 4. The Balaban J connectivity index is 1.38. The Morgan fingerprint density at radius 3 is 2.58 bits per heavy atom. The number of halogens is 1. The number of aromatic nitrogens is 1. The summed E-state index contributed by atoms with van der Waals surface area (Å²) in [5.74, 6) is 1.49. The summed E-state index contributed by atoms with van der Waals surface area (Å²) in [5, 5.41) is 4.69. The van der Waals surface area contributed by atoms with Gasteiger partial charge in [0, 0.05) is 28.1 Å². The molecule has 3 aromatic carbocycles. The lowest BCUT2D eigenvalue weighted by Crippen LogP contribution is -2.48. The average molecular weight is 501 g/mol. The highest BCUT2D eigenvalue weighted by Gasteiger charge is 2.41. The summed E-state index contributed by atoms with van der Waals surface area (Å²) >= 11 is 6.14. The lowest BCUT2D eigenvalue weighted by atomic mass is 9.86. The molecule has 2 heterocycles. The third kappa shape index (κ3) is 4.51. The summed E-state index contributed by atoms with van der Waals surface area (Å²) in [6.45, 7) is 8.33. The highest BCUT2D eigenvalue weighted by Crippen LogP contribution is 2.44. The molecule has 1 unspecified atom stereocenters. The van der Waals surface area contributed by atoms with E-state index in [4.69, 9.17) is 26.1 Å². The van der Waals surface area contributed by atoms with Gasteiger partial charge < -0.3 is 14.8 Å². The normalized spacial score (nSPS) is 16.8. The van der Waals surface area contributed by atoms with E-state index >= 15 is 0 Å². The van der Waals surface area contributed by atoms with Crippen LogP contribution in [0.5, 0.6) is 11.5 Å². The first kappa shape index (κ1) is 24.1. The first-order chi connectivity index (χ1) is 17.2. The van der Waals surface area contributed by atoms with E-state index in [1.54, 1.807) is 0 Å². The van der Waals surface area contributed by atoms with Crippen molar-refractivity contribution in [2.75, 3.05) is 5.32 Å². The number of nitrogens with one attached hydrogen (secondary N) is 1. The molecule has 0 aliphatic carbocycles. The van der Waals surface area contributed by atoms with Gasteiger partial charge in [0.15, 0.2) is 5.60 Å². The molecule has 1 amide bonds. The molecule has 6 heteroatoms. The Labute approximate surface area is 216 Å². The van der Waals surface area contributed by atoms with Crippen molar-refractivity contribution < 1.29 is 14.3 Å². The molecule has 1 aromatic heterocycles. The van der Waals surface area contributed by atoms with Gasteiger partial charge in [-0.15, -0.1) is 0 Å². The standard InChI is InChI=1S/C30H29ClN2O3/c1-18-19(2)28-25(14-15-30(4,36-28)29(34)33-23-8-6-5-7-9-23)20(3)27(18)35-17-24-13-11-21-10-12-22(31)16-26(21)32-24/h5-13,16H,14-15,17H2,1-4H3,(H,33,34). The number of fused-ring (bicyclic) bond motifs is 2. The topological polar surface area (TPSA) is 60.5 Å². The number of hydrogen-bond donors (Lipinski definition) is 1. The van der Waals surface area contributed by atoms with Crippen molar-refractivity contribution in [3.8, 4) is 11.5 Å². The predicted molar refractivity (Wildman–Crippen MR) is 144 cm³/mol. The summed E-state index contributed by atoms with van der Waals surface area (Å²) in [6.07, 6.45) is 1.30. The Morgan fingerprint density at radius 2 is 1.81 bits per heavy atom. The monoisotopic (exact) mass is 500 g/mol. The quantitative estimate of drug-likeness (QED) is 0.317. The van der Waals surface area contributed by atoms with E-state index in [9.17, 15) is 4.79 Å². The van der Waals surface area contributed by atoms with Crippen LogP contribution >= 0.6 is 11.6 Å². The third-order valence-corrected chi connectivity index (χ3v) is 7.31. The first-order valence-corrected chi connectivity index (χ1v) is 12.5. The summed E-state index contributed by atoms with van der Waals surface area (Å²) < 4.78 is 12.8. The lowest BCUT2D eigenvalue weighted by molar-refractivity contribution is -0.131. The fourth-order valence-electron chi connectivity index (χ4n) is 4.75. The van der Waals surface area contributed by atoms with Crippen molar-refractivity contribution >= 4 is 34.1 Å². The molecule has 5 rings (SSSR count). The van der Waals surface area contributed by atoms with Crippen LogP contribution in [0.1, 0.15) is 41.3 Å². The number of carbonyl (C=O) groups excluding carboxylic acids is 1. The Kier molecular flexibility index (Phi) is 6.35. The van der Waals surface area contributed by atoms with Crippen LogP contribution in [-0.2, 0) is 17.8 Å². The molecule has 1 aliphatic heterocycles. The van der Waals surface area contributed by atoms with Gasteiger partial charge in [-0.3, -0.25) is 4.79 Å². The smallest absolute Gasteiger partial charge is 0.268 e. The summed E-state index contributed by atoms with van der Waals surface area (Å²) in [5.41, 5.74) is 5.62. The van der Waals surface area contributed by atoms with E-state index < -0.39 is 5.60 Å². The van der Waals surface area contributed by atoms with Gasteiger partial charge >= 0.3 is 0 Å². The Hall–Kier alpha value is -3.57. The van der Waals surface area contributed by atoms with E-state index in [1.807, 2.05) is 81.4 Å². The van der Waals surface area contributed by atoms with E-state index in [1.165, 1.54) is 0 Å². The van der Waals surface area contributed by atoms with Gasteiger partial charge in [0.25, 0.3) is 5.91 Å². The van der Waals surface area contributed by atoms with Gasteiger partial charge in [-0.1, -0.05) is 41.9 Å². The fraction of sp³-hybridized carbons (Fsp3) is 0.267. The minimum Gasteiger partial charge on any atom is -0.487 e. The minimum atomic E-state index is -0.953. The molecule has 4 aromatic rings. The maximum absolute atomic E-state index is 13.1. The molecule has 184 valence electrons. The maximum Gasteiger partial charge on any atom is 0.268 e. The second kappa shape index (κ2) is 9.47. The zero-order valence-corrected chi connectivity index (χ0v) is 21.7. The molecule has 0 saturated carbocycles. The molecular weight excluding hydrogens is 472 g/mol. The number of pyridine rings is 1. The molecule has 0 bridgehead atoms. The molecule has 0 spiro atoms. The van der Waals surface area contributed by atoms with Crippen LogP contribution in [0.25, 0.3) is 10.9 Å². The molecule has 1 aliphatic rings. The summed E-state index contributed by atoms with van der Waals surface area (Å²) in [6, 6.07) is 19.2. The second-order valence-electron chi connectivity index (χ2n) is 9.59. The largest absolute Gasteiger partial charge is 0.487 e. The SMILES string of the molecule is Cc1c(C)c2c(c(C)c1OCc1ccc3ccc(Cl)cc3n1)CCC(C)(C(=O)Nc1ccccc1)O2. The summed E-state index contributed by atoms with van der Waals surface area (Å²) in [4.78, 5) is 17.9. The van der Waals surface area contributed by atoms with Crippen molar-refractivity contribution in [2.24, 2.45) is 0 Å². The van der Waals surface area contributed by atoms with E-state index in [0.29, 0.717) is 18.1 Å². The van der Waals surface area contributed by atoms with Crippen molar-refractivity contribution in [1.29, 1.82) is 0 Å². The Bertz CT molecular complexity index is 1470. The van der Waals surface area contributed by atoms with Crippen molar-refractivity contribution in [3.63, 3.8) is 0 Å². The van der Waals surface area contributed by atoms with Gasteiger partial charge in [-0.2, -0.15) is 0 Å². The number of anilines is 1. The number of carbonyl (C=O) groups is 1. The van der Waals surface area contributed by atoms with Crippen molar-refractivity contribution in [2.45, 2.75) is 52.7 Å². The number of benzene rings is 3. The highest BCUT2D eigenvalue weighted by atomic mass is 35.5. The van der Waals surface area contributed by atoms with Crippen LogP contribution in [0, 0.1) is 20.8 Å². The number of rotatable bonds is 5. The van der Waals surface area contributed by atoms with Gasteiger partial charge in [0.1, 0.15) is 18.1 Å². The molecule has 0 fully saturated rings. The molecule has 0 radical (unpaired) electrons.